The summed E-state index contributed by atoms with van der Waals surface area (Å²) in [4.78, 5) is 30.0. The number of nitrogens with zero attached hydrogens (tertiary/aromatic N) is 2. The van der Waals surface area contributed by atoms with E-state index in [9.17, 15) is 14.0 Å². The second kappa shape index (κ2) is 13.3. The first-order chi connectivity index (χ1) is 13.5. The summed E-state index contributed by atoms with van der Waals surface area (Å²) in [5.74, 6) is 0.213. The average Bonchev–Trinajstić information content (AvgIpc) is 3.09. The van der Waals surface area contributed by atoms with Crippen molar-refractivity contribution in [2.45, 2.75) is 33.1 Å². The first-order valence-electron chi connectivity index (χ1n) is 9.85. The van der Waals surface area contributed by atoms with E-state index in [1.54, 1.807) is 19.1 Å². The molecule has 0 bridgehead atoms. The summed E-state index contributed by atoms with van der Waals surface area (Å²) in [6.07, 6.45) is 2.43. The van der Waals surface area contributed by atoms with Crippen LogP contribution < -0.4 is 16.0 Å². The van der Waals surface area contributed by atoms with Crippen molar-refractivity contribution in [3.63, 3.8) is 0 Å². The van der Waals surface area contributed by atoms with Crippen LogP contribution in [0.3, 0.4) is 0 Å². The highest BCUT2D eigenvalue weighted by Gasteiger charge is 2.18. The Kier molecular flexibility index (Phi) is 11.6. The van der Waals surface area contributed by atoms with Gasteiger partial charge in [-0.05, 0) is 44.4 Å². The summed E-state index contributed by atoms with van der Waals surface area (Å²) in [6.45, 7) is 7.47. The number of halogens is 2. The van der Waals surface area contributed by atoms with Gasteiger partial charge >= 0.3 is 0 Å². The van der Waals surface area contributed by atoms with Crippen LogP contribution in [-0.4, -0.2) is 61.9 Å². The van der Waals surface area contributed by atoms with Crippen molar-refractivity contribution in [1.82, 2.24) is 20.9 Å². The number of aliphatic imine (C=N–C) groups is 1. The molecule has 9 heteroatoms. The smallest absolute Gasteiger partial charge is 0.251 e. The lowest BCUT2D eigenvalue weighted by Gasteiger charge is -2.15. The molecule has 29 heavy (non-hydrogen) atoms. The van der Waals surface area contributed by atoms with E-state index in [1.807, 2.05) is 11.8 Å². The summed E-state index contributed by atoms with van der Waals surface area (Å²) in [5, 5.41) is 9.06. The molecule has 0 saturated carbocycles. The number of hydrogen-bond acceptors (Lipinski definition) is 3. The van der Waals surface area contributed by atoms with Crippen molar-refractivity contribution in [3.8, 4) is 0 Å². The van der Waals surface area contributed by atoms with Crippen molar-refractivity contribution in [2.75, 3.05) is 39.3 Å². The molecule has 0 unspecified atom stereocenters. The van der Waals surface area contributed by atoms with Gasteiger partial charge in [0.2, 0.25) is 5.91 Å². The third-order valence-corrected chi connectivity index (χ3v) is 4.51. The Labute approximate surface area is 188 Å². The number of nitrogens with one attached hydrogen (secondary N) is 3. The quantitative estimate of drug-likeness (QED) is 0.202. The van der Waals surface area contributed by atoms with E-state index in [0.717, 1.165) is 32.5 Å². The minimum atomic E-state index is -0.386. The zero-order valence-corrected chi connectivity index (χ0v) is 19.4. The molecule has 1 fully saturated rings. The third kappa shape index (κ3) is 8.55. The predicted molar refractivity (Wildman–Crippen MR) is 123 cm³/mol. The number of rotatable bonds is 9. The second-order valence-corrected chi connectivity index (χ2v) is 6.75. The van der Waals surface area contributed by atoms with E-state index < -0.39 is 0 Å². The molecule has 1 heterocycles. The van der Waals surface area contributed by atoms with Gasteiger partial charge < -0.3 is 20.9 Å². The Morgan fingerprint density at radius 1 is 1.24 bits per heavy atom. The zero-order chi connectivity index (χ0) is 20.4. The molecule has 2 rings (SSSR count). The lowest BCUT2D eigenvalue weighted by Crippen LogP contribution is -2.41. The van der Waals surface area contributed by atoms with Crippen molar-refractivity contribution >= 4 is 41.8 Å². The molecule has 0 aromatic heterocycles. The van der Waals surface area contributed by atoms with Crippen LogP contribution in [0.1, 0.15) is 42.1 Å². The fourth-order valence-corrected chi connectivity index (χ4v) is 2.93. The van der Waals surface area contributed by atoms with Crippen LogP contribution in [0.15, 0.2) is 23.2 Å². The van der Waals surface area contributed by atoms with E-state index in [-0.39, 0.29) is 41.6 Å². The number of hydrogen-bond donors (Lipinski definition) is 3. The number of amides is 2. The standard InChI is InChI=1S/C20H30FN5O2.HI/c1-3-22-20(24-9-5-13-26-12-4-6-18(26)27)25-11-10-23-19(28)16-8-7-15(2)17(21)14-16;/h7-8,14H,3-6,9-13H2,1-2H3,(H,23,28)(H2,22,24,25);1H. The Morgan fingerprint density at radius 2 is 2.00 bits per heavy atom. The summed E-state index contributed by atoms with van der Waals surface area (Å²) >= 11 is 0. The maximum absolute atomic E-state index is 13.5. The Hall–Kier alpha value is -1.91. The van der Waals surface area contributed by atoms with Gasteiger partial charge in [0, 0.05) is 51.3 Å². The second-order valence-electron chi connectivity index (χ2n) is 6.75. The number of benzene rings is 1. The molecule has 1 aromatic rings. The van der Waals surface area contributed by atoms with Crippen LogP contribution in [-0.2, 0) is 4.79 Å². The summed E-state index contributed by atoms with van der Waals surface area (Å²) in [7, 11) is 0. The Bertz CT molecular complexity index is 714. The molecule has 7 nitrogen and oxygen atoms in total. The molecule has 0 spiro atoms. The van der Waals surface area contributed by atoms with Crippen molar-refractivity contribution in [3.05, 3.63) is 35.1 Å². The van der Waals surface area contributed by atoms with Crippen molar-refractivity contribution in [2.24, 2.45) is 4.99 Å². The fraction of sp³-hybridized carbons (Fsp3) is 0.550. The average molecular weight is 519 g/mol. The van der Waals surface area contributed by atoms with Crippen LogP contribution in [0.4, 0.5) is 4.39 Å². The Morgan fingerprint density at radius 3 is 2.66 bits per heavy atom. The molecule has 162 valence electrons. The number of carbonyl (C=O) groups is 2. The monoisotopic (exact) mass is 519 g/mol. The van der Waals surface area contributed by atoms with E-state index in [4.69, 9.17) is 0 Å². The number of guanidine groups is 1. The first kappa shape index (κ1) is 25.1. The third-order valence-electron chi connectivity index (χ3n) is 4.51. The molecular weight excluding hydrogens is 488 g/mol. The number of aryl methyl sites for hydroxylation is 1. The topological polar surface area (TPSA) is 85.8 Å². The minimum absolute atomic E-state index is 0. The number of carbonyl (C=O) groups excluding carboxylic acids is 2. The fourth-order valence-electron chi connectivity index (χ4n) is 2.93. The van der Waals surface area contributed by atoms with E-state index in [0.29, 0.717) is 43.1 Å². The predicted octanol–water partition coefficient (Wildman–Crippen LogP) is 2.05. The van der Waals surface area contributed by atoms with Crippen molar-refractivity contribution in [1.29, 1.82) is 0 Å². The molecule has 0 atom stereocenters. The molecule has 1 aromatic carbocycles. The maximum atomic E-state index is 13.5. The molecule has 0 aliphatic carbocycles. The highest BCUT2D eigenvalue weighted by molar-refractivity contribution is 14.0. The molecule has 2 amide bonds. The molecule has 1 saturated heterocycles. The van der Waals surface area contributed by atoms with E-state index >= 15 is 0 Å². The lowest BCUT2D eigenvalue weighted by atomic mass is 10.1. The number of likely N-dealkylation sites (tertiary alicyclic amines) is 1. The minimum Gasteiger partial charge on any atom is -0.357 e. The van der Waals surface area contributed by atoms with Crippen LogP contribution in [0.25, 0.3) is 0 Å². The SMILES string of the molecule is CCNC(=NCCCN1CCCC1=O)NCCNC(=O)c1ccc(C)c(F)c1.I. The van der Waals surface area contributed by atoms with Crippen LogP contribution in [0.5, 0.6) is 0 Å². The van der Waals surface area contributed by atoms with Gasteiger partial charge in [0.25, 0.3) is 5.91 Å². The van der Waals surface area contributed by atoms with Crippen molar-refractivity contribution < 1.29 is 14.0 Å². The summed E-state index contributed by atoms with van der Waals surface area (Å²) in [6, 6.07) is 4.45. The molecular formula is C20H31FIN5O2. The highest BCUT2D eigenvalue weighted by Crippen LogP contribution is 2.10. The van der Waals surface area contributed by atoms with Gasteiger partial charge in [0.05, 0.1) is 0 Å². The van der Waals surface area contributed by atoms with Gasteiger partial charge in [-0.15, -0.1) is 24.0 Å². The summed E-state index contributed by atoms with van der Waals surface area (Å²) < 4.78 is 13.5. The zero-order valence-electron chi connectivity index (χ0n) is 17.1. The molecule has 1 aliphatic rings. The maximum Gasteiger partial charge on any atom is 0.251 e. The Balaban J connectivity index is 0.00000420. The largest absolute Gasteiger partial charge is 0.357 e. The molecule has 0 radical (unpaired) electrons. The normalized spacial score (nSPS) is 13.8. The van der Waals surface area contributed by atoms with E-state index in [1.165, 1.54) is 6.07 Å². The highest BCUT2D eigenvalue weighted by atomic mass is 127. The van der Waals surface area contributed by atoms with Gasteiger partial charge in [-0.2, -0.15) is 0 Å². The van der Waals surface area contributed by atoms with Crippen LogP contribution in [0.2, 0.25) is 0 Å². The summed E-state index contributed by atoms with van der Waals surface area (Å²) in [5.41, 5.74) is 0.818. The van der Waals surface area contributed by atoms with Crippen LogP contribution in [0, 0.1) is 12.7 Å². The van der Waals surface area contributed by atoms with Gasteiger partial charge in [-0.3, -0.25) is 14.6 Å². The van der Waals surface area contributed by atoms with Crippen LogP contribution >= 0.6 is 24.0 Å². The van der Waals surface area contributed by atoms with Gasteiger partial charge in [0.15, 0.2) is 5.96 Å². The van der Waals surface area contributed by atoms with Gasteiger partial charge in [-0.25, -0.2) is 4.39 Å². The molecule has 1 aliphatic heterocycles. The van der Waals surface area contributed by atoms with Gasteiger partial charge in [-0.1, -0.05) is 6.07 Å². The first-order valence-corrected chi connectivity index (χ1v) is 9.85. The van der Waals surface area contributed by atoms with E-state index in [2.05, 4.69) is 20.9 Å². The molecule has 3 N–H and O–H groups in total. The lowest BCUT2D eigenvalue weighted by molar-refractivity contribution is -0.127. The van der Waals surface area contributed by atoms with Gasteiger partial charge in [0.1, 0.15) is 5.82 Å².